The van der Waals surface area contributed by atoms with Gasteiger partial charge >= 0.3 is 6.18 Å². The first kappa shape index (κ1) is 15.4. The van der Waals surface area contributed by atoms with Crippen molar-refractivity contribution in [2.75, 3.05) is 12.4 Å². The van der Waals surface area contributed by atoms with E-state index in [1.165, 1.54) is 17.9 Å². The van der Waals surface area contributed by atoms with E-state index in [4.69, 9.17) is 0 Å². The number of nitrogens with zero attached hydrogens (tertiary/aromatic N) is 4. The number of halogens is 4. The van der Waals surface area contributed by atoms with E-state index >= 15 is 0 Å². The van der Waals surface area contributed by atoms with Gasteiger partial charge in [-0.3, -0.25) is 9.36 Å². The van der Waals surface area contributed by atoms with E-state index in [9.17, 15) is 13.2 Å². The largest absolute Gasteiger partial charge is 0.435 e. The number of rotatable bonds is 3. The van der Waals surface area contributed by atoms with Crippen molar-refractivity contribution in [3.63, 3.8) is 0 Å². The average Bonchev–Trinajstić information content (AvgIpc) is 2.85. The molecule has 0 aliphatic carbocycles. The van der Waals surface area contributed by atoms with Crippen LogP contribution in [0.25, 0.3) is 0 Å². The van der Waals surface area contributed by atoms with E-state index in [-0.39, 0.29) is 24.5 Å². The standard InChI is InChI=1S/C10H12F3N5.ClH/c1-14-8-3-15-18(6-8)5-7-4-17(2)16-9(7)10(11,12)13;/h3-4,6,14H,5H2,1-2H3;1H. The van der Waals surface area contributed by atoms with Crippen LogP contribution in [-0.4, -0.2) is 26.6 Å². The number of hydrogen-bond acceptors (Lipinski definition) is 3. The first-order valence-electron chi connectivity index (χ1n) is 5.20. The van der Waals surface area contributed by atoms with Crippen LogP contribution in [0.4, 0.5) is 18.9 Å². The zero-order valence-electron chi connectivity index (χ0n) is 10.3. The topological polar surface area (TPSA) is 47.7 Å². The highest BCUT2D eigenvalue weighted by molar-refractivity contribution is 5.85. The van der Waals surface area contributed by atoms with Crippen LogP contribution in [0.5, 0.6) is 0 Å². The highest BCUT2D eigenvalue weighted by Crippen LogP contribution is 2.30. The lowest BCUT2D eigenvalue weighted by Crippen LogP contribution is -2.11. The van der Waals surface area contributed by atoms with Crippen LogP contribution in [0.15, 0.2) is 18.6 Å². The summed E-state index contributed by atoms with van der Waals surface area (Å²) in [5.41, 5.74) is -0.0327. The highest BCUT2D eigenvalue weighted by Gasteiger charge is 2.36. The predicted molar refractivity (Wildman–Crippen MR) is 66.3 cm³/mol. The molecule has 0 saturated carbocycles. The lowest BCUT2D eigenvalue weighted by molar-refractivity contribution is -0.142. The van der Waals surface area contributed by atoms with Gasteiger partial charge in [0.2, 0.25) is 0 Å². The van der Waals surface area contributed by atoms with Crippen molar-refractivity contribution in [1.29, 1.82) is 0 Å². The van der Waals surface area contributed by atoms with Crippen LogP contribution in [-0.2, 0) is 19.8 Å². The molecule has 0 aromatic carbocycles. The van der Waals surface area contributed by atoms with Crippen molar-refractivity contribution in [3.05, 3.63) is 29.8 Å². The molecular weight excluding hydrogens is 283 g/mol. The number of aryl methyl sites for hydroxylation is 1. The fourth-order valence-corrected chi connectivity index (χ4v) is 1.65. The summed E-state index contributed by atoms with van der Waals surface area (Å²) in [5, 5.41) is 10.3. The molecule has 0 amide bonds. The molecule has 2 heterocycles. The molecule has 0 radical (unpaired) electrons. The van der Waals surface area contributed by atoms with Gasteiger partial charge < -0.3 is 5.32 Å². The van der Waals surface area contributed by atoms with Crippen molar-refractivity contribution in [1.82, 2.24) is 19.6 Å². The summed E-state index contributed by atoms with van der Waals surface area (Å²) >= 11 is 0. The van der Waals surface area contributed by atoms with E-state index in [1.807, 2.05) is 0 Å². The summed E-state index contributed by atoms with van der Waals surface area (Å²) in [7, 11) is 3.17. The summed E-state index contributed by atoms with van der Waals surface area (Å²) in [4.78, 5) is 0. The Morgan fingerprint density at radius 1 is 1.32 bits per heavy atom. The molecule has 0 bridgehead atoms. The minimum atomic E-state index is -4.45. The van der Waals surface area contributed by atoms with E-state index < -0.39 is 11.9 Å². The second-order valence-electron chi connectivity index (χ2n) is 3.85. The van der Waals surface area contributed by atoms with Crippen LogP contribution in [0, 0.1) is 0 Å². The molecule has 0 saturated heterocycles. The molecule has 0 atom stereocenters. The molecule has 1 N–H and O–H groups in total. The Hall–Kier alpha value is -1.70. The number of hydrogen-bond donors (Lipinski definition) is 1. The molecule has 0 aliphatic rings. The van der Waals surface area contributed by atoms with Gasteiger partial charge in [-0.15, -0.1) is 12.4 Å². The molecule has 2 rings (SSSR count). The molecular formula is C10H13ClF3N5. The molecule has 106 valence electrons. The Morgan fingerprint density at radius 3 is 2.53 bits per heavy atom. The number of nitrogens with one attached hydrogen (secondary N) is 1. The fourth-order valence-electron chi connectivity index (χ4n) is 1.65. The monoisotopic (exact) mass is 295 g/mol. The number of alkyl halides is 3. The quantitative estimate of drug-likeness (QED) is 0.944. The fraction of sp³-hybridized carbons (Fsp3) is 0.400. The number of aromatic nitrogens is 4. The van der Waals surface area contributed by atoms with Gasteiger partial charge in [-0.1, -0.05) is 0 Å². The highest BCUT2D eigenvalue weighted by atomic mass is 35.5. The Bertz CT molecular complexity index is 546. The molecule has 0 unspecified atom stereocenters. The van der Waals surface area contributed by atoms with E-state index in [0.29, 0.717) is 0 Å². The van der Waals surface area contributed by atoms with Crippen LogP contribution in [0.2, 0.25) is 0 Å². The van der Waals surface area contributed by atoms with Crippen LogP contribution >= 0.6 is 12.4 Å². The lowest BCUT2D eigenvalue weighted by atomic mass is 10.2. The maximum atomic E-state index is 12.7. The third kappa shape index (κ3) is 3.40. The molecule has 2 aromatic rings. The Labute approximate surface area is 113 Å². The molecule has 19 heavy (non-hydrogen) atoms. The predicted octanol–water partition coefficient (Wildman–Crippen LogP) is 2.15. The SMILES string of the molecule is CNc1cnn(Cc2cn(C)nc2C(F)(F)F)c1.Cl. The van der Waals surface area contributed by atoms with Gasteiger partial charge in [-0.2, -0.15) is 23.4 Å². The van der Waals surface area contributed by atoms with Gasteiger partial charge in [-0.25, -0.2) is 0 Å². The van der Waals surface area contributed by atoms with E-state index in [1.54, 1.807) is 19.4 Å². The first-order valence-corrected chi connectivity index (χ1v) is 5.20. The second-order valence-corrected chi connectivity index (χ2v) is 3.85. The normalized spacial score (nSPS) is 11.2. The van der Waals surface area contributed by atoms with Crippen molar-refractivity contribution in [2.24, 2.45) is 7.05 Å². The Balaban J connectivity index is 0.00000180. The summed E-state index contributed by atoms with van der Waals surface area (Å²) in [6.07, 6.45) is 0.0793. The summed E-state index contributed by atoms with van der Waals surface area (Å²) < 4.78 is 40.7. The number of anilines is 1. The Morgan fingerprint density at radius 2 is 2.00 bits per heavy atom. The molecule has 0 fully saturated rings. The zero-order valence-corrected chi connectivity index (χ0v) is 11.1. The molecule has 0 spiro atoms. The van der Waals surface area contributed by atoms with Crippen LogP contribution < -0.4 is 5.32 Å². The molecule has 5 nitrogen and oxygen atoms in total. The maximum absolute atomic E-state index is 12.7. The minimum Gasteiger partial charge on any atom is -0.386 e. The van der Waals surface area contributed by atoms with Crippen molar-refractivity contribution < 1.29 is 13.2 Å². The third-order valence-electron chi connectivity index (χ3n) is 2.43. The van der Waals surface area contributed by atoms with Gasteiger partial charge in [-0.05, 0) is 0 Å². The second kappa shape index (κ2) is 5.52. The van der Waals surface area contributed by atoms with Gasteiger partial charge in [0.25, 0.3) is 0 Å². The average molecular weight is 296 g/mol. The van der Waals surface area contributed by atoms with Crippen molar-refractivity contribution >= 4 is 18.1 Å². The van der Waals surface area contributed by atoms with Crippen molar-refractivity contribution in [3.8, 4) is 0 Å². The zero-order chi connectivity index (χ0) is 13.3. The van der Waals surface area contributed by atoms with E-state index in [2.05, 4.69) is 15.5 Å². The summed E-state index contributed by atoms with van der Waals surface area (Å²) in [5.74, 6) is 0. The van der Waals surface area contributed by atoms with Gasteiger partial charge in [0.15, 0.2) is 5.69 Å². The first-order chi connectivity index (χ1) is 8.40. The lowest BCUT2D eigenvalue weighted by Gasteiger charge is -2.05. The van der Waals surface area contributed by atoms with Gasteiger partial charge in [0.05, 0.1) is 18.4 Å². The molecule has 0 aliphatic heterocycles. The Kier molecular flexibility index (Phi) is 4.46. The molecule has 2 aromatic heterocycles. The van der Waals surface area contributed by atoms with Gasteiger partial charge in [0.1, 0.15) is 0 Å². The van der Waals surface area contributed by atoms with Gasteiger partial charge in [0, 0.05) is 32.1 Å². The van der Waals surface area contributed by atoms with E-state index in [0.717, 1.165) is 10.4 Å². The summed E-state index contributed by atoms with van der Waals surface area (Å²) in [6, 6.07) is 0. The minimum absolute atomic E-state index is 0. The van der Waals surface area contributed by atoms with Crippen LogP contribution in [0.1, 0.15) is 11.3 Å². The van der Waals surface area contributed by atoms with Crippen LogP contribution in [0.3, 0.4) is 0 Å². The summed E-state index contributed by atoms with van der Waals surface area (Å²) in [6.45, 7) is 0.0321. The van der Waals surface area contributed by atoms with Crippen molar-refractivity contribution in [2.45, 2.75) is 12.7 Å². The smallest absolute Gasteiger partial charge is 0.386 e. The molecule has 9 heteroatoms. The third-order valence-corrected chi connectivity index (χ3v) is 2.43. The maximum Gasteiger partial charge on any atom is 0.435 e.